The predicted molar refractivity (Wildman–Crippen MR) is 117 cm³/mol. The highest BCUT2D eigenvalue weighted by Crippen LogP contribution is 2.19. The lowest BCUT2D eigenvalue weighted by atomic mass is 10.0. The molecule has 1 fully saturated rings. The van der Waals surface area contributed by atoms with Crippen molar-refractivity contribution in [2.75, 3.05) is 19.6 Å². The van der Waals surface area contributed by atoms with Crippen LogP contribution in [0.2, 0.25) is 0 Å². The van der Waals surface area contributed by atoms with Crippen LogP contribution in [0, 0.1) is 11.8 Å². The smallest absolute Gasteiger partial charge is 0.410 e. The molecular weight excluding hydrogens is 398 g/mol. The number of ether oxygens (including phenoxy) is 2. The van der Waals surface area contributed by atoms with E-state index in [1.165, 1.54) is 0 Å². The van der Waals surface area contributed by atoms with Gasteiger partial charge < -0.3 is 25.0 Å². The summed E-state index contributed by atoms with van der Waals surface area (Å²) in [5.74, 6) is -0.220. The Kier molecular flexibility index (Phi) is 8.71. The molecule has 3 amide bonds. The van der Waals surface area contributed by atoms with E-state index < -0.39 is 17.7 Å². The van der Waals surface area contributed by atoms with Crippen molar-refractivity contribution in [3.05, 3.63) is 35.9 Å². The van der Waals surface area contributed by atoms with Crippen LogP contribution in [0.15, 0.2) is 30.3 Å². The molecule has 0 saturated carbocycles. The molecule has 0 aliphatic carbocycles. The fraction of sp³-hybridized carbons (Fsp3) is 0.609. The van der Waals surface area contributed by atoms with E-state index in [2.05, 4.69) is 10.6 Å². The lowest BCUT2D eigenvalue weighted by Crippen LogP contribution is -2.50. The van der Waals surface area contributed by atoms with Crippen molar-refractivity contribution >= 4 is 18.1 Å². The molecule has 0 aromatic heterocycles. The van der Waals surface area contributed by atoms with E-state index >= 15 is 0 Å². The molecule has 1 aromatic rings. The number of alkyl carbamates (subject to hydrolysis) is 1. The van der Waals surface area contributed by atoms with Gasteiger partial charge in [-0.25, -0.2) is 9.59 Å². The number of carbonyl (C=O) groups excluding carboxylic acids is 3. The van der Waals surface area contributed by atoms with Gasteiger partial charge in [0, 0.05) is 19.6 Å². The van der Waals surface area contributed by atoms with Gasteiger partial charge in [0.1, 0.15) is 18.2 Å². The van der Waals surface area contributed by atoms with Crippen molar-refractivity contribution in [2.45, 2.75) is 59.3 Å². The third kappa shape index (κ3) is 8.47. The quantitative estimate of drug-likeness (QED) is 0.688. The van der Waals surface area contributed by atoms with Crippen molar-refractivity contribution in [3.8, 4) is 0 Å². The van der Waals surface area contributed by atoms with Crippen molar-refractivity contribution in [3.63, 3.8) is 0 Å². The van der Waals surface area contributed by atoms with Crippen LogP contribution in [0.5, 0.6) is 0 Å². The molecule has 2 N–H and O–H groups in total. The number of rotatable bonds is 7. The highest BCUT2D eigenvalue weighted by molar-refractivity contribution is 5.85. The van der Waals surface area contributed by atoms with Gasteiger partial charge in [-0.1, -0.05) is 44.2 Å². The maximum Gasteiger partial charge on any atom is 0.410 e. The number of nitrogens with zero attached hydrogens (tertiary/aromatic N) is 1. The minimum absolute atomic E-state index is 0.105. The summed E-state index contributed by atoms with van der Waals surface area (Å²) in [6, 6.07) is 8.65. The van der Waals surface area contributed by atoms with Gasteiger partial charge in [0.2, 0.25) is 5.91 Å². The van der Waals surface area contributed by atoms with Crippen LogP contribution < -0.4 is 10.6 Å². The van der Waals surface area contributed by atoms with Crippen LogP contribution in [0.3, 0.4) is 0 Å². The van der Waals surface area contributed by atoms with Gasteiger partial charge in [-0.3, -0.25) is 4.79 Å². The van der Waals surface area contributed by atoms with Crippen LogP contribution in [0.1, 0.15) is 46.6 Å². The summed E-state index contributed by atoms with van der Waals surface area (Å²) in [4.78, 5) is 38.7. The third-order valence-corrected chi connectivity index (χ3v) is 4.94. The molecule has 2 atom stereocenters. The minimum Gasteiger partial charge on any atom is -0.445 e. The summed E-state index contributed by atoms with van der Waals surface area (Å²) in [6.07, 6.45) is -0.169. The molecule has 8 nitrogen and oxygen atoms in total. The average molecular weight is 434 g/mol. The second-order valence-corrected chi connectivity index (χ2v) is 9.25. The number of carbonyl (C=O) groups is 3. The molecule has 2 rings (SSSR count). The monoisotopic (exact) mass is 433 g/mol. The van der Waals surface area contributed by atoms with Crippen LogP contribution in [0.25, 0.3) is 0 Å². The first-order valence-corrected chi connectivity index (χ1v) is 10.8. The summed E-state index contributed by atoms with van der Waals surface area (Å²) >= 11 is 0. The van der Waals surface area contributed by atoms with Crippen molar-refractivity contribution in [1.82, 2.24) is 15.5 Å². The van der Waals surface area contributed by atoms with E-state index in [0.29, 0.717) is 19.6 Å². The zero-order chi connectivity index (χ0) is 23.0. The van der Waals surface area contributed by atoms with Gasteiger partial charge in [0.15, 0.2) is 0 Å². The standard InChI is InChI=1S/C23H35N3O5/c1-16(2)19(25-21(28)30-15-17-9-7-6-8-10-17)20(27)24-13-18-11-12-26(14-18)22(29)31-23(3,4)5/h6-10,16,18-19H,11-15H2,1-5H3,(H,24,27)(H,25,28). The van der Waals surface area contributed by atoms with Gasteiger partial charge in [-0.05, 0) is 44.6 Å². The molecule has 31 heavy (non-hydrogen) atoms. The number of hydrogen-bond donors (Lipinski definition) is 2. The van der Waals surface area contributed by atoms with Crippen LogP contribution in [-0.4, -0.2) is 54.3 Å². The Labute approximate surface area is 184 Å². The highest BCUT2D eigenvalue weighted by atomic mass is 16.6. The minimum atomic E-state index is -0.702. The second kappa shape index (κ2) is 11.0. The van der Waals surface area contributed by atoms with Gasteiger partial charge in [0.05, 0.1) is 0 Å². The summed E-state index contributed by atoms with van der Waals surface area (Å²) in [5, 5.41) is 5.56. The summed E-state index contributed by atoms with van der Waals surface area (Å²) in [6.45, 7) is 10.9. The van der Waals surface area contributed by atoms with E-state index in [4.69, 9.17) is 9.47 Å². The normalized spacial score (nSPS) is 17.2. The molecule has 1 saturated heterocycles. The molecule has 8 heteroatoms. The van der Waals surface area contributed by atoms with Crippen molar-refractivity contribution in [1.29, 1.82) is 0 Å². The molecule has 0 radical (unpaired) electrons. The van der Waals surface area contributed by atoms with E-state index in [0.717, 1.165) is 12.0 Å². The Morgan fingerprint density at radius 1 is 1.16 bits per heavy atom. The SMILES string of the molecule is CC(C)C(NC(=O)OCc1ccccc1)C(=O)NCC1CCN(C(=O)OC(C)(C)C)C1. The van der Waals surface area contributed by atoms with Crippen LogP contribution in [0.4, 0.5) is 9.59 Å². The third-order valence-electron chi connectivity index (χ3n) is 4.94. The maximum absolute atomic E-state index is 12.7. The van der Waals surface area contributed by atoms with Gasteiger partial charge in [-0.15, -0.1) is 0 Å². The topological polar surface area (TPSA) is 97.0 Å². The largest absolute Gasteiger partial charge is 0.445 e. The number of benzene rings is 1. The average Bonchev–Trinajstić information content (AvgIpc) is 3.17. The molecule has 0 bridgehead atoms. The first-order valence-electron chi connectivity index (χ1n) is 10.8. The van der Waals surface area contributed by atoms with Crippen LogP contribution in [-0.2, 0) is 20.9 Å². The molecular formula is C23H35N3O5. The molecule has 1 heterocycles. The zero-order valence-corrected chi connectivity index (χ0v) is 19.1. The summed E-state index contributed by atoms with van der Waals surface area (Å²) in [5.41, 5.74) is 0.341. The lowest BCUT2D eigenvalue weighted by molar-refractivity contribution is -0.124. The van der Waals surface area contributed by atoms with Gasteiger partial charge in [0.25, 0.3) is 0 Å². The Hall–Kier alpha value is -2.77. The van der Waals surface area contributed by atoms with E-state index in [1.54, 1.807) is 4.90 Å². The first-order chi connectivity index (χ1) is 14.5. The van der Waals surface area contributed by atoms with Crippen LogP contribution >= 0.6 is 0 Å². The fourth-order valence-electron chi connectivity index (χ4n) is 3.27. The fourth-order valence-corrected chi connectivity index (χ4v) is 3.27. The summed E-state index contributed by atoms with van der Waals surface area (Å²) in [7, 11) is 0. The molecule has 2 unspecified atom stereocenters. The Morgan fingerprint density at radius 2 is 1.84 bits per heavy atom. The molecule has 0 spiro atoms. The summed E-state index contributed by atoms with van der Waals surface area (Å²) < 4.78 is 10.6. The second-order valence-electron chi connectivity index (χ2n) is 9.25. The Balaban J connectivity index is 1.78. The molecule has 1 aliphatic rings. The highest BCUT2D eigenvalue weighted by Gasteiger charge is 2.31. The van der Waals surface area contributed by atoms with Gasteiger partial charge >= 0.3 is 12.2 Å². The van der Waals surface area contributed by atoms with E-state index in [-0.39, 0.29) is 30.4 Å². The molecule has 1 aliphatic heterocycles. The Bertz CT molecular complexity index is 745. The number of hydrogen-bond acceptors (Lipinski definition) is 5. The zero-order valence-electron chi connectivity index (χ0n) is 19.1. The van der Waals surface area contributed by atoms with E-state index in [1.807, 2.05) is 65.0 Å². The number of nitrogens with one attached hydrogen (secondary N) is 2. The lowest BCUT2D eigenvalue weighted by Gasteiger charge is -2.25. The number of amides is 3. The van der Waals surface area contributed by atoms with Gasteiger partial charge in [-0.2, -0.15) is 0 Å². The Morgan fingerprint density at radius 3 is 2.45 bits per heavy atom. The number of likely N-dealkylation sites (tertiary alicyclic amines) is 1. The molecule has 1 aromatic carbocycles. The van der Waals surface area contributed by atoms with E-state index in [9.17, 15) is 14.4 Å². The first kappa shape index (κ1) is 24.5. The van der Waals surface area contributed by atoms with Crippen molar-refractivity contribution in [2.24, 2.45) is 11.8 Å². The molecule has 172 valence electrons. The van der Waals surface area contributed by atoms with Crippen molar-refractivity contribution < 1.29 is 23.9 Å². The predicted octanol–water partition coefficient (Wildman–Crippen LogP) is 3.31. The maximum atomic E-state index is 12.7.